The van der Waals surface area contributed by atoms with Gasteiger partial charge >= 0.3 is 0 Å². The van der Waals surface area contributed by atoms with Crippen molar-refractivity contribution in [1.82, 2.24) is 5.32 Å². The molecule has 0 aromatic rings. The van der Waals surface area contributed by atoms with E-state index in [1.54, 1.807) is 6.08 Å². The van der Waals surface area contributed by atoms with E-state index in [-0.39, 0.29) is 6.10 Å². The lowest BCUT2D eigenvalue weighted by Crippen LogP contribution is -2.18. The molecule has 1 atom stereocenters. The number of aliphatic hydroxyl groups excluding tert-OH is 1. The van der Waals surface area contributed by atoms with E-state index in [1.165, 1.54) is 0 Å². The normalized spacial score (nSPS) is 22.7. The van der Waals surface area contributed by atoms with E-state index in [0.717, 1.165) is 10.7 Å². The standard InChI is InChI=1S/C8H11NOS/c1-6(11)9-7-2-4-8(10)5-3-7/h2-4,8,10H,5H2,1H3,(H,9,11). The van der Waals surface area contributed by atoms with E-state index in [2.05, 4.69) is 5.32 Å². The topological polar surface area (TPSA) is 32.3 Å². The maximum absolute atomic E-state index is 9.07. The second-order valence-corrected chi connectivity index (χ2v) is 3.12. The number of aliphatic hydroxyl groups is 1. The van der Waals surface area contributed by atoms with Gasteiger partial charge < -0.3 is 10.4 Å². The number of nitrogens with one attached hydrogen (secondary N) is 1. The summed E-state index contributed by atoms with van der Waals surface area (Å²) in [5.41, 5.74) is 0.975. The van der Waals surface area contributed by atoms with Gasteiger partial charge in [0.25, 0.3) is 0 Å². The first-order chi connectivity index (χ1) is 5.18. The highest BCUT2D eigenvalue weighted by Crippen LogP contribution is 2.07. The first-order valence-electron chi connectivity index (χ1n) is 3.52. The van der Waals surface area contributed by atoms with Crippen molar-refractivity contribution in [2.75, 3.05) is 0 Å². The zero-order valence-corrected chi connectivity index (χ0v) is 7.19. The SMILES string of the molecule is CC(=S)NC1=CCC(O)C=C1. The number of hydrogen-bond acceptors (Lipinski definition) is 2. The van der Waals surface area contributed by atoms with Crippen LogP contribution in [0.25, 0.3) is 0 Å². The molecule has 3 heteroatoms. The van der Waals surface area contributed by atoms with Gasteiger partial charge in [0.05, 0.1) is 11.1 Å². The molecule has 0 aromatic heterocycles. The second kappa shape index (κ2) is 3.64. The van der Waals surface area contributed by atoms with Gasteiger partial charge in [-0.2, -0.15) is 0 Å². The molecule has 1 aliphatic rings. The average molecular weight is 169 g/mol. The Morgan fingerprint density at radius 1 is 1.82 bits per heavy atom. The van der Waals surface area contributed by atoms with Gasteiger partial charge in [-0.05, 0) is 19.4 Å². The van der Waals surface area contributed by atoms with Gasteiger partial charge in [0.1, 0.15) is 0 Å². The van der Waals surface area contributed by atoms with E-state index >= 15 is 0 Å². The summed E-state index contributed by atoms with van der Waals surface area (Å²) in [7, 11) is 0. The summed E-state index contributed by atoms with van der Waals surface area (Å²) in [5, 5.41) is 12.1. The van der Waals surface area contributed by atoms with E-state index in [1.807, 2.05) is 19.1 Å². The van der Waals surface area contributed by atoms with E-state index in [4.69, 9.17) is 17.3 Å². The van der Waals surface area contributed by atoms with Crippen molar-refractivity contribution in [1.29, 1.82) is 0 Å². The summed E-state index contributed by atoms with van der Waals surface area (Å²) in [5.74, 6) is 0. The van der Waals surface area contributed by atoms with Gasteiger partial charge in [0, 0.05) is 5.70 Å². The van der Waals surface area contributed by atoms with Crippen LogP contribution in [0.3, 0.4) is 0 Å². The van der Waals surface area contributed by atoms with Gasteiger partial charge in [-0.1, -0.05) is 24.4 Å². The van der Waals surface area contributed by atoms with Crippen molar-refractivity contribution in [3.8, 4) is 0 Å². The minimum atomic E-state index is -0.328. The molecule has 0 amide bonds. The predicted octanol–water partition coefficient (Wildman–Crippen LogP) is 1.13. The van der Waals surface area contributed by atoms with Gasteiger partial charge in [-0.15, -0.1) is 0 Å². The van der Waals surface area contributed by atoms with Gasteiger partial charge in [-0.25, -0.2) is 0 Å². The molecule has 0 bridgehead atoms. The van der Waals surface area contributed by atoms with Crippen molar-refractivity contribution in [2.45, 2.75) is 19.4 Å². The zero-order valence-electron chi connectivity index (χ0n) is 6.37. The zero-order chi connectivity index (χ0) is 8.27. The summed E-state index contributed by atoms with van der Waals surface area (Å²) in [6.07, 6.45) is 5.86. The fourth-order valence-electron chi connectivity index (χ4n) is 0.905. The molecule has 2 nitrogen and oxygen atoms in total. The Morgan fingerprint density at radius 3 is 3.00 bits per heavy atom. The van der Waals surface area contributed by atoms with Crippen molar-refractivity contribution < 1.29 is 5.11 Å². The van der Waals surface area contributed by atoms with Gasteiger partial charge in [-0.3, -0.25) is 0 Å². The van der Waals surface area contributed by atoms with Crippen molar-refractivity contribution in [2.24, 2.45) is 0 Å². The molecule has 1 aliphatic carbocycles. The quantitative estimate of drug-likeness (QED) is 0.577. The first kappa shape index (κ1) is 8.43. The van der Waals surface area contributed by atoms with Crippen LogP contribution in [0.4, 0.5) is 0 Å². The van der Waals surface area contributed by atoms with Crippen LogP contribution in [0.2, 0.25) is 0 Å². The fraction of sp³-hybridized carbons (Fsp3) is 0.375. The summed E-state index contributed by atoms with van der Waals surface area (Å²) in [6, 6.07) is 0. The third-order valence-electron chi connectivity index (χ3n) is 1.40. The summed E-state index contributed by atoms with van der Waals surface area (Å²) < 4.78 is 0. The van der Waals surface area contributed by atoms with Crippen LogP contribution in [0.5, 0.6) is 0 Å². The lowest BCUT2D eigenvalue weighted by atomic mass is 10.1. The monoisotopic (exact) mass is 169 g/mol. The summed E-state index contributed by atoms with van der Waals surface area (Å²) in [6.45, 7) is 1.83. The molecule has 0 aromatic carbocycles. The molecule has 0 heterocycles. The largest absolute Gasteiger partial charge is 0.389 e. The number of allylic oxidation sites excluding steroid dienone is 1. The molecule has 0 aliphatic heterocycles. The van der Waals surface area contributed by atoms with E-state index in [9.17, 15) is 0 Å². The third-order valence-corrected chi connectivity index (χ3v) is 1.50. The molecular formula is C8H11NOS. The number of thiocarbonyl (C=S) groups is 1. The van der Waals surface area contributed by atoms with Crippen LogP contribution < -0.4 is 5.32 Å². The third kappa shape index (κ3) is 2.82. The maximum Gasteiger partial charge on any atom is 0.0765 e. The molecular weight excluding hydrogens is 158 g/mol. The molecule has 0 radical (unpaired) electrons. The second-order valence-electron chi connectivity index (χ2n) is 2.50. The Morgan fingerprint density at radius 2 is 2.55 bits per heavy atom. The highest BCUT2D eigenvalue weighted by molar-refractivity contribution is 7.80. The Labute approximate surface area is 71.6 Å². The Balaban J connectivity index is 2.50. The van der Waals surface area contributed by atoms with Gasteiger partial charge in [0.15, 0.2) is 0 Å². The molecule has 1 unspecified atom stereocenters. The van der Waals surface area contributed by atoms with Crippen LogP contribution in [0, 0.1) is 0 Å². The highest BCUT2D eigenvalue weighted by Gasteiger charge is 2.03. The molecule has 60 valence electrons. The molecule has 0 spiro atoms. The van der Waals surface area contributed by atoms with Crippen molar-refractivity contribution in [3.63, 3.8) is 0 Å². The minimum absolute atomic E-state index is 0.328. The number of rotatable bonds is 1. The van der Waals surface area contributed by atoms with E-state index in [0.29, 0.717) is 6.42 Å². The highest BCUT2D eigenvalue weighted by atomic mass is 32.1. The first-order valence-corrected chi connectivity index (χ1v) is 3.93. The van der Waals surface area contributed by atoms with Crippen LogP contribution >= 0.6 is 12.2 Å². The molecule has 1 rings (SSSR count). The molecule has 11 heavy (non-hydrogen) atoms. The van der Waals surface area contributed by atoms with Crippen LogP contribution in [-0.2, 0) is 0 Å². The van der Waals surface area contributed by atoms with Crippen LogP contribution in [0.15, 0.2) is 23.9 Å². The Hall–Kier alpha value is -0.670. The summed E-state index contributed by atoms with van der Waals surface area (Å²) in [4.78, 5) is 0.747. The van der Waals surface area contributed by atoms with Crippen LogP contribution in [-0.4, -0.2) is 16.2 Å². The number of hydrogen-bond donors (Lipinski definition) is 2. The van der Waals surface area contributed by atoms with E-state index < -0.39 is 0 Å². The Bertz CT molecular complexity index is 220. The van der Waals surface area contributed by atoms with Crippen molar-refractivity contribution >= 4 is 17.2 Å². The summed E-state index contributed by atoms with van der Waals surface area (Å²) >= 11 is 4.86. The maximum atomic E-state index is 9.07. The smallest absolute Gasteiger partial charge is 0.0765 e. The average Bonchev–Trinajstić information content (AvgIpc) is 1.93. The lowest BCUT2D eigenvalue weighted by molar-refractivity contribution is 0.225. The molecule has 0 fully saturated rings. The molecule has 0 saturated heterocycles. The lowest BCUT2D eigenvalue weighted by Gasteiger charge is -2.11. The predicted molar refractivity (Wildman–Crippen MR) is 49.3 cm³/mol. The van der Waals surface area contributed by atoms with Crippen molar-refractivity contribution in [3.05, 3.63) is 23.9 Å². The Kier molecular flexibility index (Phi) is 2.79. The minimum Gasteiger partial charge on any atom is -0.389 e. The fourth-order valence-corrected chi connectivity index (χ4v) is 1.02. The molecule has 2 N–H and O–H groups in total. The van der Waals surface area contributed by atoms with Gasteiger partial charge in [0.2, 0.25) is 0 Å². The molecule has 0 saturated carbocycles. The van der Waals surface area contributed by atoms with Crippen LogP contribution in [0.1, 0.15) is 13.3 Å².